The van der Waals surface area contributed by atoms with Crippen molar-refractivity contribution in [3.05, 3.63) is 94.0 Å². The third-order valence-electron chi connectivity index (χ3n) is 6.19. The van der Waals surface area contributed by atoms with Crippen LogP contribution < -0.4 is 14.8 Å². The number of carbonyl (C=O) groups excluding carboxylic acids is 1. The molecule has 3 aromatic carbocycles. The van der Waals surface area contributed by atoms with Crippen LogP contribution >= 0.6 is 0 Å². The quantitative estimate of drug-likeness (QED) is 0.503. The fourth-order valence-corrected chi connectivity index (χ4v) is 4.34. The van der Waals surface area contributed by atoms with E-state index in [0.717, 1.165) is 23.3 Å². The second kappa shape index (κ2) is 9.74. The van der Waals surface area contributed by atoms with Crippen LogP contribution in [0.1, 0.15) is 32.6 Å². The van der Waals surface area contributed by atoms with E-state index in [9.17, 15) is 23.5 Å². The summed E-state index contributed by atoms with van der Waals surface area (Å²) in [5.41, 5.74) is 0.426. The molecule has 0 heterocycles. The number of rotatable bonds is 8. The van der Waals surface area contributed by atoms with Crippen molar-refractivity contribution in [2.45, 2.75) is 31.7 Å². The summed E-state index contributed by atoms with van der Waals surface area (Å²) >= 11 is 0. The van der Waals surface area contributed by atoms with Gasteiger partial charge in [0.05, 0.1) is 13.7 Å². The van der Waals surface area contributed by atoms with Gasteiger partial charge in [0.1, 0.15) is 17.2 Å². The molecule has 0 radical (unpaired) electrons. The molecule has 0 atom stereocenters. The Labute approximate surface area is 201 Å². The monoisotopic (exact) mass is 481 g/mol. The van der Waals surface area contributed by atoms with Crippen molar-refractivity contribution < 1.29 is 33.0 Å². The summed E-state index contributed by atoms with van der Waals surface area (Å²) in [4.78, 5) is 25.2. The number of nitrogens with one attached hydrogen (secondary N) is 1. The molecular weight excluding hydrogens is 456 g/mol. The molecule has 0 fully saturated rings. The topological polar surface area (TPSA) is 84.9 Å². The Morgan fingerprint density at radius 3 is 2.29 bits per heavy atom. The van der Waals surface area contributed by atoms with Gasteiger partial charge in [-0.25, -0.2) is 13.6 Å². The van der Waals surface area contributed by atoms with Crippen LogP contribution in [0.4, 0.5) is 8.78 Å². The lowest BCUT2D eigenvalue weighted by molar-refractivity contribution is -0.144. The van der Waals surface area contributed by atoms with Crippen molar-refractivity contribution >= 4 is 11.9 Å². The molecule has 0 saturated carbocycles. The van der Waals surface area contributed by atoms with Gasteiger partial charge in [0.2, 0.25) is 0 Å². The van der Waals surface area contributed by atoms with E-state index in [1.54, 1.807) is 6.07 Å². The molecule has 0 aliphatic heterocycles. The highest BCUT2D eigenvalue weighted by atomic mass is 19.1. The van der Waals surface area contributed by atoms with E-state index in [-0.39, 0.29) is 29.5 Å². The predicted octanol–water partition coefficient (Wildman–Crippen LogP) is 4.26. The molecule has 0 spiro atoms. The van der Waals surface area contributed by atoms with E-state index in [1.165, 1.54) is 19.2 Å². The normalized spacial score (nSPS) is 13.7. The number of hydrogen-bond donors (Lipinski definition) is 2. The van der Waals surface area contributed by atoms with Crippen LogP contribution in [0.15, 0.2) is 54.6 Å². The van der Waals surface area contributed by atoms with Crippen LogP contribution in [-0.4, -0.2) is 36.2 Å². The fraction of sp³-hybridized carbons (Fsp3) is 0.259. The standard InChI is InChI=1S/C27H25F2NO5/c1-16-4-3-5-17(12-16)10-11-35-24-13-18(6-9-23(24)34-2)25(31)30-27(26(32)33)14-19-20(15-27)22(29)8-7-21(19)28/h3-9,12-13H,10-11,14-15H2,1-2H3,(H,30,31)(H,32,33). The lowest BCUT2D eigenvalue weighted by Gasteiger charge is -2.25. The number of methoxy groups -OCH3 is 1. The van der Waals surface area contributed by atoms with Crippen LogP contribution in [0.25, 0.3) is 0 Å². The summed E-state index contributed by atoms with van der Waals surface area (Å²) in [6.07, 6.45) is -0.0786. The first kappa shape index (κ1) is 24.2. The van der Waals surface area contributed by atoms with Gasteiger partial charge >= 0.3 is 5.97 Å². The zero-order valence-corrected chi connectivity index (χ0v) is 19.4. The van der Waals surface area contributed by atoms with E-state index >= 15 is 0 Å². The number of ether oxygens (including phenoxy) is 2. The molecule has 1 aliphatic rings. The molecule has 3 aromatic rings. The largest absolute Gasteiger partial charge is 0.493 e. The number of hydrogen-bond acceptors (Lipinski definition) is 4. The number of amides is 1. The van der Waals surface area contributed by atoms with Gasteiger partial charge in [0.25, 0.3) is 5.91 Å². The Morgan fingerprint density at radius 2 is 1.69 bits per heavy atom. The van der Waals surface area contributed by atoms with Gasteiger partial charge in [-0.15, -0.1) is 0 Å². The summed E-state index contributed by atoms with van der Waals surface area (Å²) < 4.78 is 39.7. The first-order valence-electron chi connectivity index (χ1n) is 11.1. The van der Waals surface area contributed by atoms with E-state index in [1.807, 2.05) is 25.1 Å². The summed E-state index contributed by atoms with van der Waals surface area (Å²) in [5.74, 6) is -2.74. The van der Waals surface area contributed by atoms with E-state index < -0.39 is 29.0 Å². The molecule has 2 N–H and O–H groups in total. The molecule has 1 amide bonds. The van der Waals surface area contributed by atoms with Crippen LogP contribution in [0.5, 0.6) is 11.5 Å². The SMILES string of the molecule is COc1ccc(C(=O)NC2(C(=O)O)Cc3c(F)ccc(F)c3C2)cc1OCCc1cccc(C)c1. The van der Waals surface area contributed by atoms with Crippen LogP contribution in [0, 0.1) is 18.6 Å². The zero-order chi connectivity index (χ0) is 25.2. The molecule has 35 heavy (non-hydrogen) atoms. The average molecular weight is 481 g/mol. The Hall–Kier alpha value is -3.94. The number of aliphatic carboxylic acids is 1. The average Bonchev–Trinajstić information content (AvgIpc) is 3.24. The molecule has 6 nitrogen and oxygen atoms in total. The third-order valence-corrected chi connectivity index (χ3v) is 6.19. The van der Waals surface area contributed by atoms with Crippen molar-refractivity contribution in [3.63, 3.8) is 0 Å². The summed E-state index contributed by atoms with van der Waals surface area (Å²) in [7, 11) is 1.47. The Kier molecular flexibility index (Phi) is 6.73. The van der Waals surface area contributed by atoms with Gasteiger partial charge in [-0.05, 0) is 53.9 Å². The number of halogens is 2. The molecule has 0 saturated heterocycles. The molecule has 182 valence electrons. The fourth-order valence-electron chi connectivity index (χ4n) is 4.34. The highest BCUT2D eigenvalue weighted by Crippen LogP contribution is 2.35. The van der Waals surface area contributed by atoms with E-state index in [4.69, 9.17) is 9.47 Å². The Morgan fingerprint density at radius 1 is 1.00 bits per heavy atom. The molecule has 0 bridgehead atoms. The lowest BCUT2D eigenvalue weighted by Crippen LogP contribution is -2.55. The highest BCUT2D eigenvalue weighted by molar-refractivity contribution is 5.99. The second-order valence-electron chi connectivity index (χ2n) is 8.63. The maximum absolute atomic E-state index is 14.2. The van der Waals surface area contributed by atoms with Crippen molar-refractivity contribution in [1.29, 1.82) is 0 Å². The minimum Gasteiger partial charge on any atom is -0.493 e. The number of carboxylic acid groups (broad SMARTS) is 1. The van der Waals surface area contributed by atoms with Gasteiger partial charge in [-0.3, -0.25) is 4.79 Å². The van der Waals surface area contributed by atoms with Crippen LogP contribution in [-0.2, 0) is 24.1 Å². The van der Waals surface area contributed by atoms with Gasteiger partial charge in [0.15, 0.2) is 11.5 Å². The Bertz CT molecular complexity index is 1260. The number of carboxylic acids is 1. The van der Waals surface area contributed by atoms with Crippen LogP contribution in [0.2, 0.25) is 0 Å². The number of carbonyl (C=O) groups is 2. The molecule has 8 heteroatoms. The number of aryl methyl sites for hydroxylation is 1. The molecular formula is C27H25F2NO5. The van der Waals surface area contributed by atoms with Crippen molar-refractivity contribution in [2.75, 3.05) is 13.7 Å². The van der Waals surface area contributed by atoms with Gasteiger partial charge in [-0.2, -0.15) is 0 Å². The first-order valence-corrected chi connectivity index (χ1v) is 11.1. The number of fused-ring (bicyclic) bond motifs is 1. The van der Waals surface area contributed by atoms with Crippen molar-refractivity contribution in [2.24, 2.45) is 0 Å². The molecule has 1 aliphatic carbocycles. The van der Waals surface area contributed by atoms with Gasteiger partial charge in [0, 0.05) is 24.8 Å². The van der Waals surface area contributed by atoms with E-state index in [2.05, 4.69) is 11.4 Å². The maximum Gasteiger partial charge on any atom is 0.330 e. The van der Waals surface area contributed by atoms with Crippen molar-refractivity contribution in [3.8, 4) is 11.5 Å². The smallest absolute Gasteiger partial charge is 0.330 e. The van der Waals surface area contributed by atoms with Crippen molar-refractivity contribution in [1.82, 2.24) is 5.32 Å². The molecule has 4 rings (SSSR count). The minimum absolute atomic E-state index is 0.0393. The second-order valence-corrected chi connectivity index (χ2v) is 8.63. The number of benzene rings is 3. The zero-order valence-electron chi connectivity index (χ0n) is 19.4. The summed E-state index contributed by atoms with van der Waals surface area (Å²) in [6, 6.07) is 14.4. The highest BCUT2D eigenvalue weighted by Gasteiger charge is 2.47. The maximum atomic E-state index is 14.2. The third kappa shape index (κ3) is 4.96. The lowest BCUT2D eigenvalue weighted by atomic mass is 9.95. The van der Waals surface area contributed by atoms with E-state index in [0.29, 0.717) is 24.5 Å². The van der Waals surface area contributed by atoms with Gasteiger partial charge in [-0.1, -0.05) is 29.8 Å². The Balaban J connectivity index is 1.52. The summed E-state index contributed by atoms with van der Waals surface area (Å²) in [5, 5.41) is 12.4. The van der Waals surface area contributed by atoms with Crippen LogP contribution in [0.3, 0.4) is 0 Å². The first-order chi connectivity index (χ1) is 16.7. The predicted molar refractivity (Wildman–Crippen MR) is 125 cm³/mol. The summed E-state index contributed by atoms with van der Waals surface area (Å²) in [6.45, 7) is 2.34. The minimum atomic E-state index is -1.87. The van der Waals surface area contributed by atoms with Gasteiger partial charge < -0.3 is 19.9 Å². The molecule has 0 aromatic heterocycles. The molecule has 0 unspecified atom stereocenters.